The molecule has 0 saturated carbocycles. The number of hydrogen-bond donors (Lipinski definition) is 0. The summed E-state index contributed by atoms with van der Waals surface area (Å²) < 4.78 is 38.9. The summed E-state index contributed by atoms with van der Waals surface area (Å²) in [5.74, 6) is -1.81. The number of fused-ring (bicyclic) bond motifs is 1. The van der Waals surface area contributed by atoms with E-state index in [2.05, 4.69) is 11.5 Å². The number of hydrogen-bond acceptors (Lipinski definition) is 2. The van der Waals surface area contributed by atoms with Crippen LogP contribution in [-0.2, 0) is 13.0 Å². The van der Waals surface area contributed by atoms with Crippen molar-refractivity contribution < 1.29 is 18.0 Å². The van der Waals surface area contributed by atoms with E-state index in [9.17, 15) is 18.0 Å². The molecule has 2 heterocycles. The lowest BCUT2D eigenvalue weighted by molar-refractivity contribution is -0.0889. The van der Waals surface area contributed by atoms with E-state index >= 15 is 0 Å². The van der Waals surface area contributed by atoms with E-state index in [1.165, 1.54) is 16.8 Å². The second kappa shape index (κ2) is 4.85. The highest BCUT2D eigenvalue weighted by Crippen LogP contribution is 2.28. The molecule has 0 aromatic carbocycles. The van der Waals surface area contributed by atoms with Crippen molar-refractivity contribution in [2.45, 2.75) is 26.1 Å². The van der Waals surface area contributed by atoms with Crippen molar-refractivity contribution in [2.75, 3.05) is 13.1 Å². The van der Waals surface area contributed by atoms with Crippen molar-refractivity contribution in [1.29, 1.82) is 0 Å². The van der Waals surface area contributed by atoms with Gasteiger partial charge in [0.25, 0.3) is 5.78 Å². The smallest absolute Gasteiger partial charge is 0.318 e. The van der Waals surface area contributed by atoms with E-state index in [0.29, 0.717) is 13.0 Å². The third kappa shape index (κ3) is 2.45. The Kier molecular flexibility index (Phi) is 3.54. The zero-order valence-electron chi connectivity index (χ0n) is 10.6. The molecule has 0 unspecified atom stereocenters. The van der Waals surface area contributed by atoms with Gasteiger partial charge in [0.05, 0.1) is 5.69 Å². The Morgan fingerprint density at radius 1 is 1.53 bits per heavy atom. The van der Waals surface area contributed by atoms with Crippen molar-refractivity contribution in [2.24, 2.45) is 0 Å². The van der Waals surface area contributed by atoms with Gasteiger partial charge in [-0.2, -0.15) is 13.2 Å². The number of likely N-dealkylation sites (N-methyl/N-ethyl adjacent to an activating group) is 1. The minimum absolute atomic E-state index is 0.342. The van der Waals surface area contributed by atoms with Crippen LogP contribution in [0.15, 0.2) is 12.6 Å². The van der Waals surface area contributed by atoms with Gasteiger partial charge in [-0.3, -0.25) is 9.69 Å². The molecule has 0 saturated heterocycles. The van der Waals surface area contributed by atoms with Crippen LogP contribution < -0.4 is 0 Å². The van der Waals surface area contributed by atoms with Gasteiger partial charge < -0.3 is 4.57 Å². The number of ketones is 1. The first-order valence-corrected chi connectivity index (χ1v) is 6.07. The molecule has 1 aromatic rings. The average molecular weight is 272 g/mol. The number of Topliss-reactive ketones (excluding diaryl/α,β-unsaturated/α-hetero) is 1. The summed E-state index contributed by atoms with van der Waals surface area (Å²) >= 11 is 0. The molecule has 1 aliphatic heterocycles. The number of aromatic nitrogens is 1. The van der Waals surface area contributed by atoms with Gasteiger partial charge >= 0.3 is 6.18 Å². The minimum Gasteiger partial charge on any atom is -0.318 e. The molecule has 0 spiro atoms. The summed E-state index contributed by atoms with van der Waals surface area (Å²) in [6.45, 7) is 7.69. The molecule has 0 aliphatic carbocycles. The zero-order chi connectivity index (χ0) is 14.2. The molecule has 19 heavy (non-hydrogen) atoms. The fraction of sp³-hybridized carbons (Fsp3) is 0.462. The van der Waals surface area contributed by atoms with Gasteiger partial charge in [-0.05, 0) is 18.2 Å². The van der Waals surface area contributed by atoms with Gasteiger partial charge in [0.1, 0.15) is 0 Å². The maximum atomic E-state index is 12.6. The normalized spacial score (nSPS) is 16.2. The molecule has 0 N–H and O–H groups in total. The highest BCUT2D eigenvalue weighted by atomic mass is 19.4. The molecule has 6 heteroatoms. The van der Waals surface area contributed by atoms with Crippen LogP contribution in [0.1, 0.15) is 28.7 Å². The van der Waals surface area contributed by atoms with Crippen molar-refractivity contribution in [3.63, 3.8) is 0 Å². The highest BCUT2D eigenvalue weighted by Gasteiger charge is 2.41. The van der Waals surface area contributed by atoms with E-state index in [1.807, 2.05) is 6.92 Å². The lowest BCUT2D eigenvalue weighted by Crippen LogP contribution is -2.30. The number of carbonyl (C=O) groups excluding carboxylic acids is 1. The Balaban J connectivity index is 2.45. The van der Waals surface area contributed by atoms with Gasteiger partial charge in [0, 0.05) is 31.4 Å². The summed E-state index contributed by atoms with van der Waals surface area (Å²) in [6.07, 6.45) is -2.95. The van der Waals surface area contributed by atoms with Gasteiger partial charge in [-0.1, -0.05) is 13.5 Å². The second-order valence-electron chi connectivity index (χ2n) is 4.50. The van der Waals surface area contributed by atoms with Gasteiger partial charge in [-0.15, -0.1) is 0 Å². The van der Waals surface area contributed by atoms with Gasteiger partial charge in [-0.25, -0.2) is 0 Å². The molecule has 0 fully saturated rings. The van der Waals surface area contributed by atoms with Crippen LogP contribution in [0.5, 0.6) is 0 Å². The number of rotatable bonds is 3. The molecule has 0 bridgehead atoms. The van der Waals surface area contributed by atoms with Crippen molar-refractivity contribution >= 4 is 12.0 Å². The van der Waals surface area contributed by atoms with Crippen LogP contribution in [-0.4, -0.2) is 34.5 Å². The fourth-order valence-corrected chi connectivity index (χ4v) is 2.42. The average Bonchev–Trinajstić information content (AvgIpc) is 2.73. The highest BCUT2D eigenvalue weighted by molar-refractivity contribution is 6.00. The maximum absolute atomic E-state index is 12.6. The first-order valence-electron chi connectivity index (χ1n) is 6.07. The first-order chi connectivity index (χ1) is 8.88. The van der Waals surface area contributed by atoms with Crippen LogP contribution in [0.25, 0.3) is 6.20 Å². The van der Waals surface area contributed by atoms with E-state index < -0.39 is 12.0 Å². The van der Waals surface area contributed by atoms with Crippen LogP contribution >= 0.6 is 0 Å². The SMILES string of the molecule is C=Cn1c(C(=O)C(F)(F)F)cc2c1CCN(CC)C2. The summed E-state index contributed by atoms with van der Waals surface area (Å²) in [5, 5.41) is 0. The first kappa shape index (κ1) is 13.9. The predicted molar refractivity (Wildman–Crippen MR) is 65.9 cm³/mol. The number of carbonyl (C=O) groups is 1. The molecule has 3 nitrogen and oxygen atoms in total. The molecular weight excluding hydrogens is 257 g/mol. The number of nitrogens with zero attached hydrogens (tertiary/aromatic N) is 2. The topological polar surface area (TPSA) is 25.2 Å². The van der Waals surface area contributed by atoms with Crippen LogP contribution in [0.3, 0.4) is 0 Å². The molecular formula is C13H15F3N2O. The Labute approximate surface area is 109 Å². The van der Waals surface area contributed by atoms with Crippen molar-refractivity contribution in [3.8, 4) is 0 Å². The number of alkyl halides is 3. The monoisotopic (exact) mass is 272 g/mol. The molecule has 1 aliphatic rings. The quantitative estimate of drug-likeness (QED) is 0.790. The zero-order valence-corrected chi connectivity index (χ0v) is 10.6. The molecule has 0 amide bonds. The third-order valence-corrected chi connectivity index (χ3v) is 3.41. The Morgan fingerprint density at radius 2 is 2.21 bits per heavy atom. The number of halogens is 3. The second-order valence-corrected chi connectivity index (χ2v) is 4.50. The fourth-order valence-electron chi connectivity index (χ4n) is 2.42. The maximum Gasteiger partial charge on any atom is 0.456 e. The van der Waals surface area contributed by atoms with E-state index in [4.69, 9.17) is 0 Å². The largest absolute Gasteiger partial charge is 0.456 e. The van der Waals surface area contributed by atoms with Crippen LogP contribution in [0, 0.1) is 0 Å². The molecule has 104 valence electrons. The summed E-state index contributed by atoms with van der Waals surface area (Å²) in [6, 6.07) is 1.34. The standard InChI is InChI=1S/C13H15F3N2O/c1-3-17-6-5-10-9(8-17)7-11(18(10)4-2)12(19)13(14,15)16/h4,7H,2-3,5-6,8H2,1H3. The van der Waals surface area contributed by atoms with Crippen LogP contribution in [0.4, 0.5) is 13.2 Å². The lowest BCUT2D eigenvalue weighted by atomic mass is 10.1. The van der Waals surface area contributed by atoms with Gasteiger partial charge in [0.15, 0.2) is 0 Å². The van der Waals surface area contributed by atoms with Crippen molar-refractivity contribution in [3.05, 3.63) is 29.6 Å². The Hall–Kier alpha value is -1.56. The minimum atomic E-state index is -4.86. The Bertz CT molecular complexity index is 517. The lowest BCUT2D eigenvalue weighted by Gasteiger charge is -2.26. The predicted octanol–water partition coefficient (Wildman–Crippen LogP) is 2.71. The van der Waals surface area contributed by atoms with E-state index in [-0.39, 0.29) is 5.69 Å². The van der Waals surface area contributed by atoms with E-state index in [0.717, 1.165) is 24.3 Å². The molecule has 0 radical (unpaired) electrons. The van der Waals surface area contributed by atoms with Gasteiger partial charge in [0.2, 0.25) is 0 Å². The summed E-state index contributed by atoms with van der Waals surface area (Å²) in [7, 11) is 0. The Morgan fingerprint density at radius 3 is 2.74 bits per heavy atom. The summed E-state index contributed by atoms with van der Waals surface area (Å²) in [4.78, 5) is 13.5. The summed E-state index contributed by atoms with van der Waals surface area (Å²) in [5.41, 5.74) is 1.19. The third-order valence-electron chi connectivity index (χ3n) is 3.41. The molecule has 2 rings (SSSR count). The van der Waals surface area contributed by atoms with Crippen molar-refractivity contribution in [1.82, 2.24) is 9.47 Å². The molecule has 0 atom stereocenters. The van der Waals surface area contributed by atoms with Crippen LogP contribution in [0.2, 0.25) is 0 Å². The molecule has 1 aromatic heterocycles. The van der Waals surface area contributed by atoms with E-state index in [1.54, 1.807) is 0 Å².